The van der Waals surface area contributed by atoms with Gasteiger partial charge in [0.15, 0.2) is 0 Å². The van der Waals surface area contributed by atoms with Gasteiger partial charge in [0, 0.05) is 23.0 Å². The van der Waals surface area contributed by atoms with Gasteiger partial charge in [-0.2, -0.15) is 4.37 Å². The van der Waals surface area contributed by atoms with Gasteiger partial charge in [-0.1, -0.05) is 0 Å². The van der Waals surface area contributed by atoms with Crippen LogP contribution in [0.1, 0.15) is 51.3 Å². The zero-order valence-corrected chi connectivity index (χ0v) is 10.1. The molecule has 0 unspecified atom stereocenters. The predicted octanol–water partition coefficient (Wildman–Crippen LogP) is 3.02. The Kier molecular flexibility index (Phi) is 2.03. The summed E-state index contributed by atoms with van der Waals surface area (Å²) in [6, 6.07) is 0. The molecule has 0 spiro atoms. The largest absolute Gasteiger partial charge is 0.355 e. The first-order chi connectivity index (χ1) is 7.15. The Labute approximate surface area is 94.5 Å². The van der Waals surface area contributed by atoms with Crippen molar-refractivity contribution in [1.82, 2.24) is 9.36 Å². The summed E-state index contributed by atoms with van der Waals surface area (Å²) in [7, 11) is 0. The highest BCUT2D eigenvalue weighted by atomic mass is 32.1. The Hall–Kier alpha value is -0.640. The van der Waals surface area contributed by atoms with Crippen molar-refractivity contribution in [2.45, 2.75) is 51.0 Å². The number of hydrogen-bond donors (Lipinski definition) is 1. The van der Waals surface area contributed by atoms with Gasteiger partial charge in [0.1, 0.15) is 5.82 Å². The van der Waals surface area contributed by atoms with Crippen molar-refractivity contribution in [2.75, 3.05) is 5.32 Å². The third-order valence-corrected chi connectivity index (χ3v) is 4.06. The number of hydrogen-bond acceptors (Lipinski definition) is 4. The number of rotatable bonds is 4. The molecular formula is C11H17N3S. The average molecular weight is 223 g/mol. The van der Waals surface area contributed by atoms with Crippen LogP contribution in [0.3, 0.4) is 0 Å². The van der Waals surface area contributed by atoms with Crippen LogP contribution in [0.2, 0.25) is 0 Å². The highest BCUT2D eigenvalue weighted by Gasteiger charge is 2.38. The van der Waals surface area contributed by atoms with E-state index in [1.165, 1.54) is 37.2 Å². The number of anilines is 1. The summed E-state index contributed by atoms with van der Waals surface area (Å²) in [4.78, 5) is 4.56. The molecule has 1 aromatic heterocycles. The Morgan fingerprint density at radius 1 is 1.27 bits per heavy atom. The molecule has 0 amide bonds. The first kappa shape index (κ1) is 9.58. The Bertz CT molecular complexity index is 364. The molecule has 0 bridgehead atoms. The van der Waals surface area contributed by atoms with Crippen LogP contribution in [0.4, 0.5) is 5.13 Å². The lowest BCUT2D eigenvalue weighted by Gasteiger charge is -2.25. The lowest BCUT2D eigenvalue weighted by molar-refractivity contribution is 0.494. The molecule has 0 atom stereocenters. The van der Waals surface area contributed by atoms with Crippen LogP contribution in [0.15, 0.2) is 0 Å². The third kappa shape index (κ3) is 2.00. The van der Waals surface area contributed by atoms with Crippen LogP contribution >= 0.6 is 11.5 Å². The van der Waals surface area contributed by atoms with Crippen LogP contribution in [0.5, 0.6) is 0 Å². The first-order valence-electron chi connectivity index (χ1n) is 5.77. The molecule has 3 nitrogen and oxygen atoms in total. The van der Waals surface area contributed by atoms with Crippen molar-refractivity contribution in [3.8, 4) is 0 Å². The monoisotopic (exact) mass is 223 g/mol. The molecule has 0 aliphatic heterocycles. The van der Waals surface area contributed by atoms with Gasteiger partial charge < -0.3 is 5.32 Å². The molecule has 2 aliphatic rings. The normalized spacial score (nSPS) is 21.7. The maximum absolute atomic E-state index is 4.56. The Morgan fingerprint density at radius 3 is 2.60 bits per heavy atom. The van der Waals surface area contributed by atoms with Crippen LogP contribution in [-0.2, 0) is 0 Å². The highest BCUT2D eigenvalue weighted by molar-refractivity contribution is 7.09. The maximum atomic E-state index is 4.56. The summed E-state index contributed by atoms with van der Waals surface area (Å²) in [6.45, 7) is 4.53. The van der Waals surface area contributed by atoms with E-state index >= 15 is 0 Å². The molecule has 1 heterocycles. The summed E-state index contributed by atoms with van der Waals surface area (Å²) in [6.07, 6.45) is 5.27. The molecule has 1 N–H and O–H groups in total. The van der Waals surface area contributed by atoms with E-state index in [2.05, 4.69) is 28.5 Å². The van der Waals surface area contributed by atoms with Crippen LogP contribution in [-0.4, -0.2) is 14.9 Å². The zero-order valence-electron chi connectivity index (χ0n) is 9.29. The molecule has 4 heteroatoms. The minimum Gasteiger partial charge on any atom is -0.355 e. The molecule has 2 fully saturated rings. The van der Waals surface area contributed by atoms with Gasteiger partial charge in [-0.25, -0.2) is 4.98 Å². The fourth-order valence-corrected chi connectivity index (χ4v) is 2.79. The van der Waals surface area contributed by atoms with E-state index in [1.807, 2.05) is 0 Å². The summed E-state index contributed by atoms with van der Waals surface area (Å²) in [5.41, 5.74) is 0.195. The van der Waals surface area contributed by atoms with Crippen LogP contribution in [0, 0.1) is 5.92 Å². The topological polar surface area (TPSA) is 37.8 Å². The SMILES string of the molecule is CC(C)(Nc1nc(C2CC2)ns1)C1CC1. The van der Waals surface area contributed by atoms with Gasteiger partial charge in [-0.15, -0.1) is 0 Å². The molecule has 15 heavy (non-hydrogen) atoms. The molecule has 0 radical (unpaired) electrons. The molecule has 2 saturated carbocycles. The second-order valence-corrected chi connectivity index (χ2v) is 6.10. The molecule has 0 aromatic carbocycles. The van der Waals surface area contributed by atoms with Gasteiger partial charge in [0.25, 0.3) is 0 Å². The highest BCUT2D eigenvalue weighted by Crippen LogP contribution is 2.42. The zero-order chi connectivity index (χ0) is 10.5. The van der Waals surface area contributed by atoms with Crippen LogP contribution in [0.25, 0.3) is 0 Å². The number of nitrogens with zero attached hydrogens (tertiary/aromatic N) is 2. The van der Waals surface area contributed by atoms with E-state index in [-0.39, 0.29) is 5.54 Å². The predicted molar refractivity (Wildman–Crippen MR) is 62.3 cm³/mol. The minimum atomic E-state index is 0.195. The summed E-state index contributed by atoms with van der Waals surface area (Å²) < 4.78 is 4.41. The van der Waals surface area contributed by atoms with Gasteiger partial charge in [0.2, 0.25) is 5.13 Å². The van der Waals surface area contributed by atoms with Crippen molar-refractivity contribution < 1.29 is 0 Å². The van der Waals surface area contributed by atoms with E-state index in [0.717, 1.165) is 16.9 Å². The number of aromatic nitrogens is 2. The van der Waals surface area contributed by atoms with Crippen LogP contribution < -0.4 is 5.32 Å². The maximum Gasteiger partial charge on any atom is 0.203 e. The molecule has 2 aliphatic carbocycles. The van der Waals surface area contributed by atoms with E-state index < -0.39 is 0 Å². The first-order valence-corrected chi connectivity index (χ1v) is 6.54. The van der Waals surface area contributed by atoms with Gasteiger partial charge in [-0.3, -0.25) is 0 Å². The summed E-state index contributed by atoms with van der Waals surface area (Å²) in [5.74, 6) is 2.56. The Morgan fingerprint density at radius 2 is 2.00 bits per heavy atom. The summed E-state index contributed by atoms with van der Waals surface area (Å²) >= 11 is 1.52. The quantitative estimate of drug-likeness (QED) is 0.852. The second kappa shape index (κ2) is 3.17. The second-order valence-electron chi connectivity index (χ2n) is 5.35. The lowest BCUT2D eigenvalue weighted by Crippen LogP contribution is -2.33. The summed E-state index contributed by atoms with van der Waals surface area (Å²) in [5, 5.41) is 4.54. The average Bonchev–Trinajstić information content (AvgIpc) is 3.05. The lowest BCUT2D eigenvalue weighted by atomic mass is 9.99. The molecule has 3 rings (SSSR count). The fourth-order valence-electron chi connectivity index (χ4n) is 1.98. The molecular weight excluding hydrogens is 206 g/mol. The van der Waals surface area contributed by atoms with E-state index in [1.54, 1.807) is 0 Å². The van der Waals surface area contributed by atoms with E-state index in [9.17, 15) is 0 Å². The minimum absolute atomic E-state index is 0.195. The molecule has 1 aromatic rings. The standard InChI is InChI=1S/C11H17N3S/c1-11(2,8-5-6-8)13-10-12-9(14-15-10)7-3-4-7/h7-8H,3-6H2,1-2H3,(H,12,13,14). The van der Waals surface area contributed by atoms with Gasteiger partial charge in [-0.05, 0) is 45.4 Å². The van der Waals surface area contributed by atoms with Crippen molar-refractivity contribution in [3.63, 3.8) is 0 Å². The van der Waals surface area contributed by atoms with Crippen molar-refractivity contribution in [3.05, 3.63) is 5.82 Å². The van der Waals surface area contributed by atoms with Gasteiger partial charge >= 0.3 is 0 Å². The third-order valence-electron chi connectivity index (χ3n) is 3.41. The molecule has 82 valence electrons. The fraction of sp³-hybridized carbons (Fsp3) is 0.818. The van der Waals surface area contributed by atoms with Crippen molar-refractivity contribution >= 4 is 16.7 Å². The van der Waals surface area contributed by atoms with E-state index in [0.29, 0.717) is 5.92 Å². The van der Waals surface area contributed by atoms with Gasteiger partial charge in [0.05, 0.1) is 0 Å². The Balaban J connectivity index is 1.69. The smallest absolute Gasteiger partial charge is 0.203 e. The van der Waals surface area contributed by atoms with Crippen molar-refractivity contribution in [2.24, 2.45) is 5.92 Å². The van der Waals surface area contributed by atoms with E-state index in [4.69, 9.17) is 0 Å². The number of nitrogens with one attached hydrogen (secondary N) is 1. The van der Waals surface area contributed by atoms with Crippen molar-refractivity contribution in [1.29, 1.82) is 0 Å². The molecule has 0 saturated heterocycles.